The number of fused-ring (bicyclic) bond motifs is 2. The maximum Gasteiger partial charge on any atom is 0.0511 e. The van der Waals surface area contributed by atoms with Gasteiger partial charge in [0.15, 0.2) is 0 Å². The standard InChI is InChI=1S/C8H18N2.C7H12N2/c1-7-5-9(3)6-8(2)10(7)4;1-8-4-7-3-6(8)5-9(7)2/h7-8H,5-6H2,1-4H3;4,6H,3,5H2,1-2H3. The molecular weight excluding hydrogens is 236 g/mol. The first kappa shape index (κ1) is 14.7. The topological polar surface area (TPSA) is 13.0 Å². The highest BCUT2D eigenvalue weighted by Gasteiger charge is 2.31. The first-order chi connectivity index (χ1) is 8.88. The second kappa shape index (κ2) is 5.71. The highest BCUT2D eigenvalue weighted by Crippen LogP contribution is 2.29. The van der Waals surface area contributed by atoms with Crippen LogP contribution < -0.4 is 0 Å². The lowest BCUT2D eigenvalue weighted by atomic mass is 10.1. The van der Waals surface area contributed by atoms with Crippen LogP contribution in [0.2, 0.25) is 0 Å². The van der Waals surface area contributed by atoms with Gasteiger partial charge in [0, 0.05) is 64.1 Å². The second-order valence-electron chi connectivity index (χ2n) is 6.61. The molecule has 2 saturated heterocycles. The fourth-order valence-electron chi connectivity index (χ4n) is 3.33. The van der Waals surface area contributed by atoms with E-state index in [-0.39, 0.29) is 0 Å². The number of hydrogen-bond acceptors (Lipinski definition) is 4. The van der Waals surface area contributed by atoms with Crippen LogP contribution in [0.1, 0.15) is 20.3 Å². The van der Waals surface area contributed by atoms with Gasteiger partial charge in [-0.2, -0.15) is 0 Å². The fraction of sp³-hybridized carbons (Fsp3) is 0.867. The molecule has 3 aliphatic heterocycles. The lowest BCUT2D eigenvalue weighted by Gasteiger charge is -2.40. The highest BCUT2D eigenvalue weighted by atomic mass is 15.3. The summed E-state index contributed by atoms with van der Waals surface area (Å²) in [6.45, 7) is 8.21. The number of rotatable bonds is 0. The van der Waals surface area contributed by atoms with Crippen molar-refractivity contribution in [2.45, 2.75) is 38.4 Å². The number of likely N-dealkylation sites (tertiary alicyclic amines) is 1. The fourth-order valence-corrected chi connectivity index (χ4v) is 3.33. The van der Waals surface area contributed by atoms with E-state index < -0.39 is 0 Å². The van der Waals surface area contributed by atoms with Crippen LogP contribution in [0.15, 0.2) is 11.9 Å². The molecule has 3 unspecified atom stereocenters. The zero-order valence-electron chi connectivity index (χ0n) is 13.4. The molecule has 3 aliphatic rings. The van der Waals surface area contributed by atoms with Crippen molar-refractivity contribution in [3.05, 3.63) is 11.9 Å². The minimum atomic E-state index is 0.716. The van der Waals surface area contributed by atoms with Gasteiger partial charge in [0.05, 0.1) is 6.04 Å². The van der Waals surface area contributed by atoms with Gasteiger partial charge in [-0.05, 0) is 27.9 Å². The van der Waals surface area contributed by atoms with E-state index in [0.29, 0.717) is 12.1 Å². The molecule has 2 bridgehead atoms. The van der Waals surface area contributed by atoms with Crippen LogP contribution in [0.25, 0.3) is 0 Å². The van der Waals surface area contributed by atoms with E-state index in [4.69, 9.17) is 0 Å². The summed E-state index contributed by atoms with van der Waals surface area (Å²) in [7, 11) is 8.73. The quantitative estimate of drug-likeness (QED) is 0.651. The van der Waals surface area contributed by atoms with E-state index >= 15 is 0 Å². The Morgan fingerprint density at radius 2 is 1.53 bits per heavy atom. The van der Waals surface area contributed by atoms with E-state index in [2.05, 4.69) is 67.8 Å². The van der Waals surface area contributed by atoms with Gasteiger partial charge >= 0.3 is 0 Å². The van der Waals surface area contributed by atoms with Gasteiger partial charge in [0.1, 0.15) is 0 Å². The molecule has 3 atom stereocenters. The zero-order valence-corrected chi connectivity index (χ0v) is 13.4. The molecule has 0 radical (unpaired) electrons. The average molecular weight is 266 g/mol. The van der Waals surface area contributed by atoms with E-state index in [9.17, 15) is 0 Å². The molecule has 0 aromatic heterocycles. The predicted molar refractivity (Wildman–Crippen MR) is 81.1 cm³/mol. The lowest BCUT2D eigenvalue weighted by Crippen LogP contribution is -2.53. The first-order valence-corrected chi connectivity index (χ1v) is 7.42. The third-order valence-electron chi connectivity index (χ3n) is 4.89. The van der Waals surface area contributed by atoms with Crippen molar-refractivity contribution in [3.63, 3.8) is 0 Å². The van der Waals surface area contributed by atoms with Crippen molar-refractivity contribution in [2.75, 3.05) is 47.8 Å². The SMILES string of the molecule is CC1CN(C)CC(C)N1C.CN1CC2CC1=CN2C. The molecule has 2 fully saturated rings. The van der Waals surface area contributed by atoms with E-state index in [1.165, 1.54) is 31.8 Å². The normalized spacial score (nSPS) is 35.3. The molecule has 0 N–H and O–H groups in total. The number of likely N-dealkylation sites (N-methyl/N-ethyl adjacent to an activating group) is 4. The van der Waals surface area contributed by atoms with Gasteiger partial charge in [-0.25, -0.2) is 0 Å². The van der Waals surface area contributed by atoms with Crippen LogP contribution >= 0.6 is 0 Å². The van der Waals surface area contributed by atoms with E-state index in [1.54, 1.807) is 0 Å². The van der Waals surface area contributed by atoms with E-state index in [0.717, 1.165) is 6.04 Å². The third-order valence-corrected chi connectivity index (χ3v) is 4.89. The van der Waals surface area contributed by atoms with Crippen LogP contribution in [-0.4, -0.2) is 85.6 Å². The summed E-state index contributed by atoms with van der Waals surface area (Å²) in [6, 6.07) is 2.22. The molecule has 0 spiro atoms. The summed E-state index contributed by atoms with van der Waals surface area (Å²) in [5.74, 6) is 0. The lowest BCUT2D eigenvalue weighted by molar-refractivity contribution is 0.0761. The Kier molecular flexibility index (Phi) is 4.41. The van der Waals surface area contributed by atoms with Gasteiger partial charge < -0.3 is 14.7 Å². The molecule has 0 saturated carbocycles. The van der Waals surface area contributed by atoms with Crippen molar-refractivity contribution < 1.29 is 0 Å². The summed E-state index contributed by atoms with van der Waals surface area (Å²) >= 11 is 0. The highest BCUT2D eigenvalue weighted by molar-refractivity contribution is 5.16. The maximum atomic E-state index is 2.44. The smallest absolute Gasteiger partial charge is 0.0511 e. The maximum absolute atomic E-state index is 2.44. The Morgan fingerprint density at radius 3 is 1.89 bits per heavy atom. The molecule has 0 aromatic rings. The molecular formula is C15H30N4. The van der Waals surface area contributed by atoms with Crippen LogP contribution in [0.3, 0.4) is 0 Å². The molecule has 0 amide bonds. The summed E-state index contributed by atoms with van der Waals surface area (Å²) in [5.41, 5.74) is 1.50. The first-order valence-electron chi connectivity index (χ1n) is 7.42. The molecule has 110 valence electrons. The van der Waals surface area contributed by atoms with Crippen LogP contribution in [-0.2, 0) is 0 Å². The Balaban J connectivity index is 0.000000141. The largest absolute Gasteiger partial charge is 0.375 e. The molecule has 19 heavy (non-hydrogen) atoms. The number of nitrogens with zero attached hydrogens (tertiary/aromatic N) is 4. The van der Waals surface area contributed by atoms with Crippen molar-refractivity contribution in [2.24, 2.45) is 0 Å². The number of hydrogen-bond donors (Lipinski definition) is 0. The zero-order chi connectivity index (χ0) is 14.2. The molecule has 4 heteroatoms. The minimum absolute atomic E-state index is 0.716. The summed E-state index contributed by atoms with van der Waals surface area (Å²) in [4.78, 5) is 9.50. The van der Waals surface area contributed by atoms with Gasteiger partial charge in [-0.1, -0.05) is 0 Å². The Hall–Kier alpha value is -0.740. The van der Waals surface area contributed by atoms with E-state index in [1.807, 2.05) is 0 Å². The molecule has 4 nitrogen and oxygen atoms in total. The van der Waals surface area contributed by atoms with Crippen molar-refractivity contribution in [1.82, 2.24) is 19.6 Å². The van der Waals surface area contributed by atoms with Crippen LogP contribution in [0.4, 0.5) is 0 Å². The monoisotopic (exact) mass is 266 g/mol. The summed E-state index contributed by atoms with van der Waals surface area (Å²) in [6.07, 6.45) is 3.52. The van der Waals surface area contributed by atoms with Crippen molar-refractivity contribution in [1.29, 1.82) is 0 Å². The minimum Gasteiger partial charge on any atom is -0.375 e. The van der Waals surface area contributed by atoms with Gasteiger partial charge in [0.25, 0.3) is 0 Å². The van der Waals surface area contributed by atoms with Crippen LogP contribution in [0, 0.1) is 0 Å². The Bertz CT molecular complexity index is 329. The van der Waals surface area contributed by atoms with Crippen molar-refractivity contribution >= 4 is 0 Å². The number of piperazine rings is 1. The molecule has 3 heterocycles. The summed E-state index contributed by atoms with van der Waals surface area (Å²) in [5, 5.41) is 0. The summed E-state index contributed by atoms with van der Waals surface area (Å²) < 4.78 is 0. The van der Waals surface area contributed by atoms with Gasteiger partial charge in [0.2, 0.25) is 0 Å². The van der Waals surface area contributed by atoms with Gasteiger partial charge in [-0.15, -0.1) is 0 Å². The molecule has 0 aromatic carbocycles. The van der Waals surface area contributed by atoms with Crippen LogP contribution in [0.5, 0.6) is 0 Å². The molecule has 3 rings (SSSR count). The third kappa shape index (κ3) is 3.23. The molecule has 0 aliphatic carbocycles. The van der Waals surface area contributed by atoms with Gasteiger partial charge in [-0.3, -0.25) is 4.90 Å². The Morgan fingerprint density at radius 1 is 0.947 bits per heavy atom. The van der Waals surface area contributed by atoms with Crippen molar-refractivity contribution in [3.8, 4) is 0 Å². The second-order valence-corrected chi connectivity index (χ2v) is 6.61. The predicted octanol–water partition coefficient (Wildman–Crippen LogP) is 1.12. The Labute approximate surface area is 118 Å². The average Bonchev–Trinajstić information content (AvgIpc) is 2.85.